The normalized spacial score (nSPS) is 23.9. The lowest BCUT2D eigenvalue weighted by Crippen LogP contribution is -2.27. The lowest BCUT2D eigenvalue weighted by atomic mass is 10.0. The molecule has 0 spiro atoms. The second kappa shape index (κ2) is 8.54. The van der Waals surface area contributed by atoms with E-state index in [4.69, 9.17) is 9.47 Å². The summed E-state index contributed by atoms with van der Waals surface area (Å²) < 4.78 is 11.0. The Hall–Kier alpha value is -0.610. The minimum absolute atomic E-state index is 0.214. The largest absolute Gasteiger partial charge is 0.379 e. The molecule has 2 rings (SSSR count). The van der Waals surface area contributed by atoms with Crippen LogP contribution in [0.3, 0.4) is 0 Å². The predicted octanol–water partition coefficient (Wildman–Crippen LogP) is 2.27. The number of ether oxygens (including phenoxy) is 2. The van der Waals surface area contributed by atoms with Gasteiger partial charge in [0.05, 0.1) is 12.7 Å². The summed E-state index contributed by atoms with van der Waals surface area (Å²) in [6.07, 6.45) is 9.26. The van der Waals surface area contributed by atoms with Crippen molar-refractivity contribution in [2.45, 2.75) is 57.5 Å². The Kier molecular flexibility index (Phi) is 6.65. The highest BCUT2D eigenvalue weighted by atomic mass is 16.5. The van der Waals surface area contributed by atoms with E-state index in [2.05, 4.69) is 5.32 Å². The van der Waals surface area contributed by atoms with Crippen molar-refractivity contribution in [2.75, 3.05) is 26.4 Å². The molecule has 19 heavy (non-hydrogen) atoms. The fourth-order valence-electron chi connectivity index (χ4n) is 2.94. The van der Waals surface area contributed by atoms with E-state index in [1.165, 1.54) is 25.7 Å². The molecule has 1 aliphatic carbocycles. The van der Waals surface area contributed by atoms with Gasteiger partial charge < -0.3 is 14.8 Å². The van der Waals surface area contributed by atoms with Crippen LogP contribution in [0.2, 0.25) is 0 Å². The predicted molar refractivity (Wildman–Crippen MR) is 74.0 cm³/mol. The van der Waals surface area contributed by atoms with E-state index in [0.29, 0.717) is 25.2 Å². The second-order valence-electron chi connectivity index (χ2n) is 5.77. The van der Waals surface area contributed by atoms with Crippen molar-refractivity contribution in [3.63, 3.8) is 0 Å². The molecular formula is C15H27NO3. The quantitative estimate of drug-likeness (QED) is 0.688. The van der Waals surface area contributed by atoms with E-state index in [-0.39, 0.29) is 5.91 Å². The summed E-state index contributed by atoms with van der Waals surface area (Å²) in [5.41, 5.74) is 0. The van der Waals surface area contributed by atoms with Crippen LogP contribution in [-0.2, 0) is 14.3 Å². The third-order valence-electron chi connectivity index (χ3n) is 4.06. The van der Waals surface area contributed by atoms with Crippen LogP contribution in [0.15, 0.2) is 0 Å². The summed E-state index contributed by atoms with van der Waals surface area (Å²) in [5.74, 6) is 0.849. The average Bonchev–Trinajstić information content (AvgIpc) is 3.06. The zero-order valence-electron chi connectivity index (χ0n) is 11.9. The highest BCUT2D eigenvalue weighted by Gasteiger charge is 2.18. The molecule has 1 N–H and O–H groups in total. The molecule has 0 aromatic heterocycles. The molecule has 0 bridgehead atoms. The van der Waals surface area contributed by atoms with Crippen molar-refractivity contribution in [3.8, 4) is 0 Å². The Morgan fingerprint density at radius 3 is 2.79 bits per heavy atom. The molecule has 1 atom stereocenters. The zero-order valence-corrected chi connectivity index (χ0v) is 11.9. The van der Waals surface area contributed by atoms with Gasteiger partial charge in [-0.1, -0.05) is 12.8 Å². The lowest BCUT2D eigenvalue weighted by molar-refractivity contribution is -0.122. The second-order valence-corrected chi connectivity index (χ2v) is 5.77. The summed E-state index contributed by atoms with van der Waals surface area (Å²) in [5, 5.41) is 2.99. The van der Waals surface area contributed by atoms with Crippen molar-refractivity contribution in [1.82, 2.24) is 5.32 Å². The van der Waals surface area contributed by atoms with E-state index in [1.807, 2.05) is 0 Å². The SMILES string of the molecule is O=C(CC1CCCC1)NCCCOC[C@@H]1CCCO1. The molecule has 0 aromatic rings. The van der Waals surface area contributed by atoms with E-state index >= 15 is 0 Å². The molecule has 1 amide bonds. The molecule has 0 aromatic carbocycles. The highest BCUT2D eigenvalue weighted by molar-refractivity contribution is 5.76. The van der Waals surface area contributed by atoms with Crippen molar-refractivity contribution >= 4 is 5.91 Å². The molecule has 0 unspecified atom stereocenters. The molecular weight excluding hydrogens is 242 g/mol. The molecule has 4 heteroatoms. The Balaban J connectivity index is 1.39. The van der Waals surface area contributed by atoms with Gasteiger partial charge in [0.25, 0.3) is 0 Å². The van der Waals surface area contributed by atoms with Crippen LogP contribution >= 0.6 is 0 Å². The molecule has 4 nitrogen and oxygen atoms in total. The molecule has 2 aliphatic rings. The van der Waals surface area contributed by atoms with Crippen LogP contribution in [0.5, 0.6) is 0 Å². The molecule has 2 fully saturated rings. The monoisotopic (exact) mass is 269 g/mol. The molecule has 1 heterocycles. The smallest absolute Gasteiger partial charge is 0.220 e. The lowest BCUT2D eigenvalue weighted by Gasteiger charge is -2.11. The molecule has 110 valence electrons. The standard InChI is InChI=1S/C15H27NO3/c17-15(11-13-5-1-2-6-13)16-8-4-9-18-12-14-7-3-10-19-14/h13-14H,1-12H2,(H,16,17)/t14-/m0/s1. The van der Waals surface area contributed by atoms with E-state index < -0.39 is 0 Å². The Labute approximate surface area is 116 Å². The van der Waals surface area contributed by atoms with E-state index in [0.717, 1.165) is 38.8 Å². The fraction of sp³-hybridized carbons (Fsp3) is 0.933. The van der Waals surface area contributed by atoms with Gasteiger partial charge in [-0.3, -0.25) is 4.79 Å². The van der Waals surface area contributed by atoms with Crippen LogP contribution in [-0.4, -0.2) is 38.4 Å². The van der Waals surface area contributed by atoms with Crippen LogP contribution in [0, 0.1) is 5.92 Å². The van der Waals surface area contributed by atoms with Gasteiger partial charge in [-0.15, -0.1) is 0 Å². The van der Waals surface area contributed by atoms with Crippen molar-refractivity contribution in [1.29, 1.82) is 0 Å². The summed E-state index contributed by atoms with van der Waals surface area (Å²) in [6, 6.07) is 0. The topological polar surface area (TPSA) is 47.6 Å². The summed E-state index contributed by atoms with van der Waals surface area (Å²) >= 11 is 0. The highest BCUT2D eigenvalue weighted by Crippen LogP contribution is 2.27. The van der Waals surface area contributed by atoms with Crippen LogP contribution < -0.4 is 5.32 Å². The molecule has 1 saturated carbocycles. The third kappa shape index (κ3) is 5.91. The molecule has 1 aliphatic heterocycles. The fourth-order valence-corrected chi connectivity index (χ4v) is 2.94. The number of rotatable bonds is 8. The molecule has 0 radical (unpaired) electrons. The van der Waals surface area contributed by atoms with Gasteiger partial charge in [0.15, 0.2) is 0 Å². The number of carbonyl (C=O) groups is 1. The third-order valence-corrected chi connectivity index (χ3v) is 4.06. The van der Waals surface area contributed by atoms with Gasteiger partial charge in [-0.2, -0.15) is 0 Å². The number of nitrogens with one attached hydrogen (secondary N) is 1. The van der Waals surface area contributed by atoms with E-state index in [9.17, 15) is 4.79 Å². The minimum Gasteiger partial charge on any atom is -0.379 e. The van der Waals surface area contributed by atoms with Gasteiger partial charge >= 0.3 is 0 Å². The van der Waals surface area contributed by atoms with Gasteiger partial charge in [0.1, 0.15) is 0 Å². The summed E-state index contributed by atoms with van der Waals surface area (Å²) in [6.45, 7) is 3.03. The Morgan fingerprint density at radius 1 is 1.21 bits per heavy atom. The first-order chi connectivity index (χ1) is 9.34. The zero-order chi connectivity index (χ0) is 13.3. The van der Waals surface area contributed by atoms with Gasteiger partial charge in [0.2, 0.25) is 5.91 Å². The maximum Gasteiger partial charge on any atom is 0.220 e. The minimum atomic E-state index is 0.214. The summed E-state index contributed by atoms with van der Waals surface area (Å²) in [4.78, 5) is 11.7. The average molecular weight is 269 g/mol. The Bertz CT molecular complexity index is 258. The number of hydrogen-bond acceptors (Lipinski definition) is 3. The maximum atomic E-state index is 11.7. The van der Waals surface area contributed by atoms with Crippen LogP contribution in [0.4, 0.5) is 0 Å². The van der Waals surface area contributed by atoms with Gasteiger partial charge in [0, 0.05) is 26.2 Å². The van der Waals surface area contributed by atoms with Crippen LogP contribution in [0.25, 0.3) is 0 Å². The van der Waals surface area contributed by atoms with Crippen molar-refractivity contribution < 1.29 is 14.3 Å². The van der Waals surface area contributed by atoms with Gasteiger partial charge in [-0.25, -0.2) is 0 Å². The number of carbonyl (C=O) groups excluding carboxylic acids is 1. The van der Waals surface area contributed by atoms with E-state index in [1.54, 1.807) is 0 Å². The van der Waals surface area contributed by atoms with Crippen molar-refractivity contribution in [3.05, 3.63) is 0 Å². The molecule has 1 saturated heterocycles. The van der Waals surface area contributed by atoms with Gasteiger partial charge in [-0.05, 0) is 38.0 Å². The van der Waals surface area contributed by atoms with Crippen LogP contribution in [0.1, 0.15) is 51.4 Å². The summed E-state index contributed by atoms with van der Waals surface area (Å²) in [7, 11) is 0. The first-order valence-electron chi connectivity index (χ1n) is 7.80. The number of amides is 1. The maximum absolute atomic E-state index is 11.7. The first kappa shape index (κ1) is 14.8. The number of hydrogen-bond donors (Lipinski definition) is 1. The van der Waals surface area contributed by atoms with Crippen molar-refractivity contribution in [2.24, 2.45) is 5.92 Å². The first-order valence-corrected chi connectivity index (χ1v) is 7.80. The Morgan fingerprint density at radius 2 is 2.05 bits per heavy atom.